The zero-order valence-corrected chi connectivity index (χ0v) is 12.4. The van der Waals surface area contributed by atoms with E-state index in [-0.39, 0.29) is 23.1 Å². The molecule has 0 saturated heterocycles. The molecule has 4 rings (SSSR count). The summed E-state index contributed by atoms with van der Waals surface area (Å²) in [6, 6.07) is 4.67. The lowest BCUT2D eigenvalue weighted by molar-refractivity contribution is -0.118. The van der Waals surface area contributed by atoms with E-state index >= 15 is 0 Å². The molecular formula is C17H19NO4. The fourth-order valence-corrected chi connectivity index (χ4v) is 4.85. The number of methoxy groups -OCH3 is 1. The van der Waals surface area contributed by atoms with E-state index in [4.69, 9.17) is 9.84 Å². The lowest BCUT2D eigenvalue weighted by atomic mass is 10.0. The van der Waals surface area contributed by atoms with Crippen molar-refractivity contribution < 1.29 is 19.4 Å². The molecule has 4 atom stereocenters. The third-order valence-electron chi connectivity index (χ3n) is 5.74. The van der Waals surface area contributed by atoms with Crippen LogP contribution >= 0.6 is 0 Å². The molecule has 5 heteroatoms. The highest BCUT2D eigenvalue weighted by molar-refractivity contribution is 5.97. The first-order valence-corrected chi connectivity index (χ1v) is 7.82. The number of carbonyl (C=O) groups excluding carboxylic acids is 1. The van der Waals surface area contributed by atoms with E-state index in [1.165, 1.54) is 32.4 Å². The first kappa shape index (κ1) is 13.6. The smallest absolute Gasteiger partial charge is 0.339 e. The van der Waals surface area contributed by atoms with Gasteiger partial charge in [-0.25, -0.2) is 4.79 Å². The number of rotatable bonds is 4. The molecule has 0 spiro atoms. The number of hydrogen-bond acceptors (Lipinski definition) is 3. The molecule has 0 radical (unpaired) electrons. The maximum Gasteiger partial charge on any atom is 0.339 e. The fraction of sp³-hybridized carbons (Fsp3) is 0.529. The van der Waals surface area contributed by atoms with Crippen LogP contribution in [0.15, 0.2) is 18.2 Å². The van der Waals surface area contributed by atoms with E-state index in [1.54, 1.807) is 12.1 Å². The van der Waals surface area contributed by atoms with Crippen molar-refractivity contribution in [3.63, 3.8) is 0 Å². The lowest BCUT2D eigenvalue weighted by Gasteiger charge is -2.11. The number of carboxylic acid groups (broad SMARTS) is 1. The molecule has 4 unspecified atom stereocenters. The van der Waals surface area contributed by atoms with Gasteiger partial charge in [0.15, 0.2) is 0 Å². The number of carboxylic acids is 1. The van der Waals surface area contributed by atoms with Gasteiger partial charge in [-0.3, -0.25) is 4.79 Å². The molecule has 3 aliphatic rings. The van der Waals surface area contributed by atoms with Crippen LogP contribution < -0.4 is 10.1 Å². The summed E-state index contributed by atoms with van der Waals surface area (Å²) in [4.78, 5) is 23.5. The molecule has 3 saturated carbocycles. The van der Waals surface area contributed by atoms with Gasteiger partial charge in [-0.1, -0.05) is 0 Å². The van der Waals surface area contributed by atoms with Crippen LogP contribution in [0.3, 0.4) is 0 Å². The van der Waals surface area contributed by atoms with Crippen molar-refractivity contribution in [1.82, 2.24) is 0 Å². The molecule has 2 bridgehead atoms. The monoisotopic (exact) mass is 301 g/mol. The molecule has 22 heavy (non-hydrogen) atoms. The number of aromatic carboxylic acids is 1. The minimum atomic E-state index is -1.04. The van der Waals surface area contributed by atoms with Gasteiger partial charge < -0.3 is 15.2 Å². The summed E-state index contributed by atoms with van der Waals surface area (Å²) in [7, 11) is 1.43. The fourth-order valence-electron chi connectivity index (χ4n) is 4.85. The predicted octanol–water partition coefficient (Wildman–Crippen LogP) is 2.62. The average Bonchev–Trinajstić information content (AvgIpc) is 2.95. The number of anilines is 1. The SMILES string of the molecule is COc1cc(NC(=O)C2C3C4CCC(C4)C23)ccc1C(=O)O. The van der Waals surface area contributed by atoms with Gasteiger partial charge in [0.25, 0.3) is 0 Å². The van der Waals surface area contributed by atoms with Crippen molar-refractivity contribution >= 4 is 17.6 Å². The molecule has 3 aliphatic carbocycles. The number of hydrogen-bond donors (Lipinski definition) is 2. The van der Waals surface area contributed by atoms with E-state index < -0.39 is 5.97 Å². The molecule has 0 aliphatic heterocycles. The number of benzene rings is 1. The summed E-state index contributed by atoms with van der Waals surface area (Å²) in [6.07, 6.45) is 3.90. The summed E-state index contributed by atoms with van der Waals surface area (Å²) < 4.78 is 5.09. The molecule has 2 N–H and O–H groups in total. The van der Waals surface area contributed by atoms with Gasteiger partial charge in [0.1, 0.15) is 11.3 Å². The van der Waals surface area contributed by atoms with Crippen LogP contribution in [0.1, 0.15) is 29.6 Å². The second-order valence-electron chi connectivity index (χ2n) is 6.72. The quantitative estimate of drug-likeness (QED) is 0.896. The highest BCUT2D eigenvalue weighted by Gasteiger charge is 2.67. The minimum absolute atomic E-state index is 0.0803. The molecule has 0 heterocycles. The zero-order chi connectivity index (χ0) is 15.4. The first-order valence-electron chi connectivity index (χ1n) is 7.82. The average molecular weight is 301 g/mol. The molecule has 116 valence electrons. The molecule has 1 aromatic carbocycles. The molecule has 1 amide bonds. The predicted molar refractivity (Wildman–Crippen MR) is 79.9 cm³/mol. The number of amides is 1. The Morgan fingerprint density at radius 1 is 1.23 bits per heavy atom. The molecule has 1 aromatic rings. The Balaban J connectivity index is 1.48. The van der Waals surface area contributed by atoms with Gasteiger partial charge in [-0.15, -0.1) is 0 Å². The van der Waals surface area contributed by atoms with Crippen LogP contribution in [0, 0.1) is 29.6 Å². The lowest BCUT2D eigenvalue weighted by Crippen LogP contribution is -2.18. The van der Waals surface area contributed by atoms with Crippen molar-refractivity contribution in [1.29, 1.82) is 0 Å². The van der Waals surface area contributed by atoms with Crippen molar-refractivity contribution in [2.45, 2.75) is 19.3 Å². The summed E-state index contributed by atoms with van der Waals surface area (Å²) in [6.45, 7) is 0. The van der Waals surface area contributed by atoms with Gasteiger partial charge >= 0.3 is 5.97 Å². The van der Waals surface area contributed by atoms with Crippen LogP contribution in [0.2, 0.25) is 0 Å². The Kier molecular flexibility index (Phi) is 2.93. The number of nitrogens with one attached hydrogen (secondary N) is 1. The van der Waals surface area contributed by atoms with Crippen LogP contribution in [0.5, 0.6) is 5.75 Å². The van der Waals surface area contributed by atoms with Gasteiger partial charge in [-0.2, -0.15) is 0 Å². The third-order valence-corrected chi connectivity index (χ3v) is 5.74. The van der Waals surface area contributed by atoms with Crippen molar-refractivity contribution in [2.75, 3.05) is 12.4 Å². The van der Waals surface area contributed by atoms with E-state index in [0.717, 1.165) is 11.8 Å². The maximum atomic E-state index is 12.5. The standard InChI is InChI=1S/C17H19NO4/c1-22-12-7-10(4-5-11(12)17(20)21)18-16(19)15-13-8-2-3-9(6-8)14(13)15/h4-5,7-9,13-15H,2-3,6H2,1H3,(H,18,19)(H,20,21). The minimum Gasteiger partial charge on any atom is -0.496 e. The number of carbonyl (C=O) groups is 2. The first-order chi connectivity index (χ1) is 10.6. The zero-order valence-electron chi connectivity index (χ0n) is 12.4. The second-order valence-corrected chi connectivity index (χ2v) is 6.72. The van der Waals surface area contributed by atoms with Crippen LogP contribution in [-0.4, -0.2) is 24.1 Å². The Hall–Kier alpha value is -2.04. The summed E-state index contributed by atoms with van der Waals surface area (Å²) in [5.41, 5.74) is 0.700. The second kappa shape index (κ2) is 4.73. The van der Waals surface area contributed by atoms with Crippen molar-refractivity contribution in [2.24, 2.45) is 29.6 Å². The number of fused-ring (bicyclic) bond motifs is 5. The highest BCUT2D eigenvalue weighted by atomic mass is 16.5. The molecule has 5 nitrogen and oxygen atoms in total. The summed E-state index contributed by atoms with van der Waals surface area (Å²) >= 11 is 0. The normalized spacial score (nSPS) is 34.1. The van der Waals surface area contributed by atoms with Crippen LogP contribution in [0.4, 0.5) is 5.69 Å². The largest absolute Gasteiger partial charge is 0.496 e. The van der Waals surface area contributed by atoms with Gasteiger partial charge in [-0.05, 0) is 55.1 Å². The third kappa shape index (κ3) is 1.91. The summed E-state index contributed by atoms with van der Waals surface area (Å²) in [5.74, 6) is 2.18. The Labute approximate surface area is 128 Å². The van der Waals surface area contributed by atoms with Crippen LogP contribution in [0.25, 0.3) is 0 Å². The summed E-state index contributed by atoms with van der Waals surface area (Å²) in [5, 5.41) is 12.0. The van der Waals surface area contributed by atoms with E-state index in [1.807, 2.05) is 0 Å². The topological polar surface area (TPSA) is 75.6 Å². The van der Waals surface area contributed by atoms with Gasteiger partial charge in [0.2, 0.25) is 5.91 Å². The molecule has 0 aromatic heterocycles. The highest BCUT2D eigenvalue weighted by Crippen LogP contribution is 2.69. The number of ether oxygens (including phenoxy) is 1. The Morgan fingerprint density at radius 2 is 1.91 bits per heavy atom. The molecular weight excluding hydrogens is 282 g/mol. The van der Waals surface area contributed by atoms with Gasteiger partial charge in [0, 0.05) is 17.7 Å². The van der Waals surface area contributed by atoms with E-state index in [2.05, 4.69) is 5.32 Å². The van der Waals surface area contributed by atoms with Crippen molar-refractivity contribution in [3.8, 4) is 5.75 Å². The van der Waals surface area contributed by atoms with Crippen LogP contribution in [-0.2, 0) is 4.79 Å². The van der Waals surface area contributed by atoms with Gasteiger partial charge in [0.05, 0.1) is 7.11 Å². The van der Waals surface area contributed by atoms with Crippen molar-refractivity contribution in [3.05, 3.63) is 23.8 Å². The van der Waals surface area contributed by atoms with E-state index in [0.29, 0.717) is 17.5 Å². The van der Waals surface area contributed by atoms with E-state index in [9.17, 15) is 9.59 Å². The maximum absolute atomic E-state index is 12.5. The Morgan fingerprint density at radius 3 is 2.50 bits per heavy atom. The Bertz CT molecular complexity index is 640. The molecule has 3 fully saturated rings.